The summed E-state index contributed by atoms with van der Waals surface area (Å²) in [7, 11) is -0.812. The smallest absolute Gasteiger partial charge is 0.374 e. The van der Waals surface area contributed by atoms with Gasteiger partial charge >= 0.3 is 12.0 Å². The molecule has 2 aromatic carbocycles. The van der Waals surface area contributed by atoms with Crippen molar-refractivity contribution in [3.05, 3.63) is 82.5 Å². The number of carbonyl (C=O) groups excluding carboxylic acids is 2. The van der Waals surface area contributed by atoms with Crippen molar-refractivity contribution in [3.8, 4) is 0 Å². The summed E-state index contributed by atoms with van der Waals surface area (Å²) in [6, 6.07) is 12.6. The zero-order valence-electron chi connectivity index (χ0n) is 23.5. The highest BCUT2D eigenvalue weighted by Gasteiger charge is 2.29. The van der Waals surface area contributed by atoms with Gasteiger partial charge in [-0.1, -0.05) is 11.6 Å². The van der Waals surface area contributed by atoms with Crippen molar-refractivity contribution in [1.82, 2.24) is 9.80 Å². The standard InChI is InChI=1S/C29H32ClN3O7S/c1-6-33(41(36,37)23-11-13-26-24(16-23)19(3)27(40-26)28(34)38-7-2)25-12-10-21(30)15-20(25)17-32(29(35)31(4)5)18-22-9-8-14-39-22/h8-16H,6-7,17-18H2,1-5H3. The Morgan fingerprint density at radius 1 is 1.02 bits per heavy atom. The van der Waals surface area contributed by atoms with E-state index >= 15 is 0 Å². The van der Waals surface area contributed by atoms with E-state index in [-0.39, 0.29) is 42.9 Å². The maximum Gasteiger partial charge on any atom is 0.374 e. The predicted molar refractivity (Wildman–Crippen MR) is 156 cm³/mol. The first-order chi connectivity index (χ1) is 19.5. The Bertz CT molecular complexity index is 1660. The molecule has 0 radical (unpaired) electrons. The summed E-state index contributed by atoms with van der Waals surface area (Å²) in [6.45, 7) is 5.63. The fourth-order valence-electron chi connectivity index (χ4n) is 4.54. The van der Waals surface area contributed by atoms with Crippen molar-refractivity contribution in [3.63, 3.8) is 0 Å². The van der Waals surface area contributed by atoms with E-state index in [9.17, 15) is 18.0 Å². The zero-order chi connectivity index (χ0) is 29.9. The van der Waals surface area contributed by atoms with Gasteiger partial charge in [0.1, 0.15) is 11.3 Å². The largest absolute Gasteiger partial charge is 0.467 e. The molecule has 0 saturated carbocycles. The molecule has 0 spiro atoms. The molecule has 4 rings (SSSR count). The molecule has 2 aromatic heterocycles. The molecule has 0 saturated heterocycles. The third-order valence-electron chi connectivity index (χ3n) is 6.50. The number of rotatable bonds is 10. The van der Waals surface area contributed by atoms with E-state index in [1.165, 1.54) is 33.7 Å². The highest BCUT2D eigenvalue weighted by molar-refractivity contribution is 7.92. The van der Waals surface area contributed by atoms with Crippen LogP contribution in [0.15, 0.2) is 68.5 Å². The van der Waals surface area contributed by atoms with Crippen LogP contribution in [0.4, 0.5) is 10.5 Å². The van der Waals surface area contributed by atoms with Crippen LogP contribution in [0.1, 0.15) is 41.3 Å². The number of hydrogen-bond donors (Lipinski definition) is 0. The van der Waals surface area contributed by atoms with Crippen LogP contribution in [-0.2, 0) is 27.8 Å². The zero-order valence-corrected chi connectivity index (χ0v) is 25.1. The maximum absolute atomic E-state index is 14.1. The van der Waals surface area contributed by atoms with Gasteiger partial charge in [0, 0.05) is 36.6 Å². The van der Waals surface area contributed by atoms with Crippen molar-refractivity contribution in [2.75, 3.05) is 31.6 Å². The molecule has 10 nitrogen and oxygen atoms in total. The normalized spacial score (nSPS) is 11.5. The van der Waals surface area contributed by atoms with E-state index in [2.05, 4.69) is 0 Å². The summed E-state index contributed by atoms with van der Waals surface area (Å²) in [5.41, 5.74) is 1.77. The number of nitrogens with zero attached hydrogens (tertiary/aromatic N) is 3. The van der Waals surface area contributed by atoms with Crippen LogP contribution >= 0.6 is 11.6 Å². The summed E-state index contributed by atoms with van der Waals surface area (Å²) in [5, 5.41) is 0.886. The van der Waals surface area contributed by atoms with Crippen molar-refractivity contribution < 1.29 is 31.6 Å². The van der Waals surface area contributed by atoms with Crippen molar-refractivity contribution in [1.29, 1.82) is 0 Å². The molecule has 0 aliphatic heterocycles. The Balaban J connectivity index is 1.75. The van der Waals surface area contributed by atoms with Gasteiger partial charge in [-0.25, -0.2) is 18.0 Å². The molecule has 41 heavy (non-hydrogen) atoms. The second kappa shape index (κ2) is 12.3. The SMILES string of the molecule is CCOC(=O)c1oc2ccc(S(=O)(=O)N(CC)c3ccc(Cl)cc3CN(Cc3ccco3)C(=O)N(C)C)cc2c1C. The quantitative estimate of drug-likeness (QED) is 0.203. The van der Waals surface area contributed by atoms with Gasteiger partial charge in [0.25, 0.3) is 10.0 Å². The van der Waals surface area contributed by atoms with Crippen molar-refractivity contribution in [2.45, 2.75) is 38.8 Å². The highest BCUT2D eigenvalue weighted by atomic mass is 35.5. The Morgan fingerprint density at radius 2 is 1.78 bits per heavy atom. The molecule has 0 N–H and O–H groups in total. The summed E-state index contributed by atoms with van der Waals surface area (Å²) >= 11 is 6.35. The Morgan fingerprint density at radius 3 is 2.41 bits per heavy atom. The summed E-state index contributed by atoms with van der Waals surface area (Å²) in [6.07, 6.45) is 1.53. The molecule has 2 heterocycles. The number of halogens is 1. The van der Waals surface area contributed by atoms with Crippen molar-refractivity contribution >= 4 is 50.3 Å². The minimum atomic E-state index is -4.09. The Kier molecular flexibility index (Phi) is 8.98. The lowest BCUT2D eigenvalue weighted by atomic mass is 10.1. The summed E-state index contributed by atoms with van der Waals surface area (Å²) < 4.78 is 45.6. The Labute approximate surface area is 244 Å². The third-order valence-corrected chi connectivity index (χ3v) is 8.61. The number of esters is 1. The van der Waals surface area contributed by atoms with Crippen LogP contribution in [0.3, 0.4) is 0 Å². The molecular formula is C29H32ClN3O7S. The molecule has 0 aliphatic rings. The van der Waals surface area contributed by atoms with E-state index in [4.69, 9.17) is 25.2 Å². The summed E-state index contributed by atoms with van der Waals surface area (Å²) in [4.78, 5) is 28.4. The number of anilines is 1. The lowest BCUT2D eigenvalue weighted by Crippen LogP contribution is -2.39. The first-order valence-electron chi connectivity index (χ1n) is 13.0. The number of benzene rings is 2. The minimum Gasteiger partial charge on any atom is -0.467 e. The van der Waals surface area contributed by atoms with Gasteiger partial charge in [0.05, 0.1) is 36.5 Å². The molecule has 12 heteroatoms. The van der Waals surface area contributed by atoms with Gasteiger partial charge in [0.15, 0.2) is 0 Å². The lowest BCUT2D eigenvalue weighted by molar-refractivity contribution is 0.0491. The number of ether oxygens (including phenoxy) is 1. The lowest BCUT2D eigenvalue weighted by Gasteiger charge is -2.29. The average Bonchev–Trinajstić information content (AvgIpc) is 3.56. The van der Waals surface area contributed by atoms with E-state index in [1.807, 2.05) is 0 Å². The number of fused-ring (bicyclic) bond motifs is 1. The van der Waals surface area contributed by atoms with E-state index in [0.29, 0.717) is 38.6 Å². The molecule has 0 unspecified atom stereocenters. The number of amides is 2. The monoisotopic (exact) mass is 601 g/mol. The fourth-order valence-corrected chi connectivity index (χ4v) is 6.28. The topological polar surface area (TPSA) is 114 Å². The van der Waals surface area contributed by atoms with E-state index < -0.39 is 16.0 Å². The van der Waals surface area contributed by atoms with E-state index in [0.717, 1.165) is 0 Å². The number of carbonyl (C=O) groups is 2. The van der Waals surface area contributed by atoms with E-state index in [1.54, 1.807) is 70.1 Å². The second-order valence-electron chi connectivity index (χ2n) is 9.49. The van der Waals surface area contributed by atoms with Gasteiger partial charge < -0.3 is 23.4 Å². The average molecular weight is 602 g/mol. The van der Waals surface area contributed by atoms with Crippen molar-refractivity contribution in [2.24, 2.45) is 0 Å². The number of sulfonamides is 1. The molecule has 0 bridgehead atoms. The van der Waals surface area contributed by atoms with Crippen LogP contribution in [0, 0.1) is 6.92 Å². The Hall–Kier alpha value is -3.96. The second-order valence-corrected chi connectivity index (χ2v) is 11.8. The van der Waals surface area contributed by atoms with Gasteiger partial charge in [0.2, 0.25) is 5.76 Å². The number of furan rings is 2. The number of hydrogen-bond acceptors (Lipinski definition) is 7. The molecule has 0 aliphatic carbocycles. The molecule has 0 fully saturated rings. The first-order valence-corrected chi connectivity index (χ1v) is 14.8. The maximum atomic E-state index is 14.1. The van der Waals surface area contributed by atoms with Gasteiger partial charge in [-0.05, 0) is 74.9 Å². The first kappa shape index (κ1) is 30.0. The van der Waals surface area contributed by atoms with Crippen LogP contribution in [0.25, 0.3) is 11.0 Å². The molecule has 218 valence electrons. The highest BCUT2D eigenvalue weighted by Crippen LogP contribution is 2.33. The van der Waals surface area contributed by atoms with Crippen LogP contribution in [-0.4, -0.2) is 57.5 Å². The summed E-state index contributed by atoms with van der Waals surface area (Å²) in [5.74, 6) is -0.00127. The molecule has 4 aromatic rings. The number of urea groups is 1. The molecule has 2 amide bonds. The number of aryl methyl sites for hydroxylation is 1. The third kappa shape index (κ3) is 6.20. The molecule has 0 atom stereocenters. The van der Waals surface area contributed by atoms with Crippen LogP contribution < -0.4 is 4.31 Å². The fraction of sp³-hybridized carbons (Fsp3) is 0.310. The predicted octanol–water partition coefficient (Wildman–Crippen LogP) is 6.06. The van der Waals surface area contributed by atoms with Gasteiger partial charge in [-0.3, -0.25) is 4.31 Å². The minimum absolute atomic E-state index is 0.0175. The van der Waals surface area contributed by atoms with Crippen LogP contribution in [0.5, 0.6) is 0 Å². The molecular weight excluding hydrogens is 570 g/mol. The van der Waals surface area contributed by atoms with Gasteiger partial charge in [-0.2, -0.15) is 0 Å². The van der Waals surface area contributed by atoms with Crippen LogP contribution in [0.2, 0.25) is 5.02 Å². The van der Waals surface area contributed by atoms with Gasteiger partial charge in [-0.15, -0.1) is 0 Å².